The van der Waals surface area contributed by atoms with E-state index in [1.165, 1.54) is 6.07 Å². The van der Waals surface area contributed by atoms with Crippen molar-refractivity contribution in [2.45, 2.75) is 27.7 Å². The molecule has 0 bridgehead atoms. The Balaban J connectivity index is 1.98. The maximum absolute atomic E-state index is 11.9. The third kappa shape index (κ3) is 5.14. The lowest BCUT2D eigenvalue weighted by atomic mass is 10.1. The molecule has 2 rings (SSSR count). The topological polar surface area (TPSA) is 93.8 Å². The molecule has 0 saturated carbocycles. The number of carbonyl (C=O) groups excluding carboxylic acids is 1. The number of rotatable bonds is 6. The second kappa shape index (κ2) is 8.24. The van der Waals surface area contributed by atoms with Gasteiger partial charge in [-0.2, -0.15) is 5.10 Å². The average molecular weight is 355 g/mol. The molecule has 136 valence electrons. The van der Waals surface area contributed by atoms with Crippen molar-refractivity contribution in [3.63, 3.8) is 0 Å². The molecule has 26 heavy (non-hydrogen) atoms. The highest BCUT2D eigenvalue weighted by Crippen LogP contribution is 2.19. The van der Waals surface area contributed by atoms with E-state index in [-0.39, 0.29) is 12.3 Å². The second-order valence-electron chi connectivity index (χ2n) is 6.10. The monoisotopic (exact) mass is 355 g/mol. The minimum atomic E-state index is -0.442. The molecule has 0 fully saturated rings. The van der Waals surface area contributed by atoms with Crippen LogP contribution in [0, 0.1) is 30.9 Å². The Hall–Kier alpha value is -3.22. The molecular formula is C19H21N3O4. The van der Waals surface area contributed by atoms with E-state index in [1.54, 1.807) is 26.0 Å². The lowest BCUT2D eigenvalue weighted by Crippen LogP contribution is -2.25. The molecule has 0 spiro atoms. The molecule has 0 heterocycles. The summed E-state index contributed by atoms with van der Waals surface area (Å²) >= 11 is 0. The van der Waals surface area contributed by atoms with Gasteiger partial charge in [0.05, 0.1) is 10.6 Å². The fourth-order valence-corrected chi connectivity index (χ4v) is 2.44. The van der Waals surface area contributed by atoms with E-state index in [2.05, 4.69) is 10.5 Å². The summed E-state index contributed by atoms with van der Waals surface area (Å²) in [5, 5.41) is 15.0. The van der Waals surface area contributed by atoms with Crippen molar-refractivity contribution in [2.24, 2.45) is 5.10 Å². The standard InChI is InChI=1S/C19H21N3O4/c1-12-7-13(2)9-17(8-12)26-11-19(23)21-20-15(4)16-6-5-14(3)18(10-16)22(24)25/h5-10H,11H2,1-4H3,(H,21,23). The summed E-state index contributed by atoms with van der Waals surface area (Å²) in [4.78, 5) is 22.5. The van der Waals surface area contributed by atoms with E-state index in [0.717, 1.165) is 11.1 Å². The van der Waals surface area contributed by atoms with Crippen LogP contribution in [0.5, 0.6) is 5.75 Å². The number of nitrogens with zero attached hydrogens (tertiary/aromatic N) is 2. The van der Waals surface area contributed by atoms with Crippen molar-refractivity contribution in [3.05, 3.63) is 68.8 Å². The van der Waals surface area contributed by atoms with E-state index in [4.69, 9.17) is 4.74 Å². The molecule has 0 saturated heterocycles. The van der Waals surface area contributed by atoms with Gasteiger partial charge in [-0.15, -0.1) is 0 Å². The Morgan fingerprint density at radius 3 is 2.42 bits per heavy atom. The predicted octanol–water partition coefficient (Wildman–Crippen LogP) is 3.44. The number of hydrazone groups is 1. The molecule has 0 aromatic heterocycles. The molecule has 0 atom stereocenters. The van der Waals surface area contributed by atoms with Crippen molar-refractivity contribution in [1.82, 2.24) is 5.43 Å². The van der Waals surface area contributed by atoms with Crippen LogP contribution in [-0.2, 0) is 4.79 Å². The molecule has 0 aliphatic rings. The van der Waals surface area contributed by atoms with Crippen LogP contribution in [-0.4, -0.2) is 23.1 Å². The van der Waals surface area contributed by atoms with E-state index in [1.807, 2.05) is 32.0 Å². The summed E-state index contributed by atoms with van der Waals surface area (Å²) in [6, 6.07) is 10.5. The summed E-state index contributed by atoms with van der Waals surface area (Å²) in [5.41, 5.74) is 6.12. The number of amides is 1. The summed E-state index contributed by atoms with van der Waals surface area (Å²) in [5.74, 6) is 0.206. The van der Waals surface area contributed by atoms with E-state index in [0.29, 0.717) is 22.6 Å². The van der Waals surface area contributed by atoms with Crippen LogP contribution in [0.1, 0.15) is 29.2 Å². The van der Waals surface area contributed by atoms with E-state index < -0.39 is 10.8 Å². The number of aryl methyl sites for hydroxylation is 3. The normalized spacial score (nSPS) is 11.2. The first kappa shape index (κ1) is 19.1. The smallest absolute Gasteiger partial charge is 0.277 e. The molecule has 7 heteroatoms. The van der Waals surface area contributed by atoms with Gasteiger partial charge in [-0.25, -0.2) is 5.43 Å². The SMILES string of the molecule is CC(=NNC(=O)COc1cc(C)cc(C)c1)c1ccc(C)c([N+](=O)[O-])c1. The molecule has 0 aliphatic carbocycles. The number of hydrogen-bond acceptors (Lipinski definition) is 5. The number of ether oxygens (including phenoxy) is 1. The molecule has 0 aliphatic heterocycles. The quantitative estimate of drug-likeness (QED) is 0.488. The number of nitro benzene ring substituents is 1. The minimum Gasteiger partial charge on any atom is -0.484 e. The Labute approximate surface area is 151 Å². The van der Waals surface area contributed by atoms with Gasteiger partial charge in [0, 0.05) is 17.2 Å². The second-order valence-corrected chi connectivity index (χ2v) is 6.10. The van der Waals surface area contributed by atoms with Crippen molar-refractivity contribution >= 4 is 17.3 Å². The highest BCUT2D eigenvalue weighted by Gasteiger charge is 2.12. The molecule has 7 nitrogen and oxygen atoms in total. The molecule has 0 radical (unpaired) electrons. The largest absolute Gasteiger partial charge is 0.484 e. The maximum atomic E-state index is 11.9. The number of nitrogens with one attached hydrogen (secondary N) is 1. The van der Waals surface area contributed by atoms with Crippen LogP contribution in [0.3, 0.4) is 0 Å². The van der Waals surface area contributed by atoms with Crippen molar-refractivity contribution in [2.75, 3.05) is 6.61 Å². The Kier molecular flexibility index (Phi) is 6.06. The van der Waals surface area contributed by atoms with E-state index in [9.17, 15) is 14.9 Å². The predicted molar refractivity (Wildman–Crippen MR) is 99.6 cm³/mol. The summed E-state index contributed by atoms with van der Waals surface area (Å²) in [7, 11) is 0. The Morgan fingerprint density at radius 1 is 1.15 bits per heavy atom. The first-order valence-electron chi connectivity index (χ1n) is 8.06. The van der Waals surface area contributed by atoms with Gasteiger partial charge in [0.1, 0.15) is 5.75 Å². The van der Waals surface area contributed by atoms with Gasteiger partial charge in [0.2, 0.25) is 0 Å². The zero-order chi connectivity index (χ0) is 19.3. The fraction of sp³-hybridized carbons (Fsp3) is 0.263. The Bertz CT molecular complexity index is 855. The van der Waals surface area contributed by atoms with Gasteiger partial charge in [0.25, 0.3) is 11.6 Å². The van der Waals surface area contributed by atoms with Crippen LogP contribution >= 0.6 is 0 Å². The van der Waals surface area contributed by atoms with Crippen molar-refractivity contribution in [1.29, 1.82) is 0 Å². The summed E-state index contributed by atoms with van der Waals surface area (Å²) in [6.07, 6.45) is 0. The number of hydrogen-bond donors (Lipinski definition) is 1. The molecule has 0 unspecified atom stereocenters. The van der Waals surface area contributed by atoms with Crippen molar-refractivity contribution in [3.8, 4) is 5.75 Å². The average Bonchev–Trinajstić information content (AvgIpc) is 2.57. The molecule has 2 aromatic carbocycles. The van der Waals surface area contributed by atoms with Crippen LogP contribution in [0.4, 0.5) is 5.69 Å². The maximum Gasteiger partial charge on any atom is 0.277 e. The zero-order valence-electron chi connectivity index (χ0n) is 15.2. The molecule has 1 amide bonds. The number of nitro groups is 1. The summed E-state index contributed by atoms with van der Waals surface area (Å²) < 4.78 is 5.46. The first-order chi connectivity index (χ1) is 12.3. The van der Waals surface area contributed by atoms with Crippen LogP contribution < -0.4 is 10.2 Å². The fourth-order valence-electron chi connectivity index (χ4n) is 2.44. The van der Waals surface area contributed by atoms with Gasteiger partial charge in [0.15, 0.2) is 6.61 Å². The molecular weight excluding hydrogens is 334 g/mol. The lowest BCUT2D eigenvalue weighted by Gasteiger charge is -2.08. The number of carbonyl (C=O) groups is 1. The van der Waals surface area contributed by atoms with Gasteiger partial charge < -0.3 is 4.74 Å². The number of benzene rings is 2. The van der Waals surface area contributed by atoms with Gasteiger partial charge >= 0.3 is 0 Å². The third-order valence-corrected chi connectivity index (χ3v) is 3.74. The highest BCUT2D eigenvalue weighted by molar-refractivity contribution is 5.99. The van der Waals surface area contributed by atoms with Crippen LogP contribution in [0.25, 0.3) is 0 Å². The van der Waals surface area contributed by atoms with Crippen LogP contribution in [0.2, 0.25) is 0 Å². The van der Waals surface area contributed by atoms with Crippen molar-refractivity contribution < 1.29 is 14.5 Å². The van der Waals surface area contributed by atoms with E-state index >= 15 is 0 Å². The van der Waals surface area contributed by atoms with Gasteiger partial charge in [-0.05, 0) is 51.0 Å². The van der Waals surface area contributed by atoms with Gasteiger partial charge in [-0.1, -0.05) is 18.2 Å². The van der Waals surface area contributed by atoms with Gasteiger partial charge in [-0.3, -0.25) is 14.9 Å². The summed E-state index contributed by atoms with van der Waals surface area (Å²) in [6.45, 7) is 7.07. The lowest BCUT2D eigenvalue weighted by molar-refractivity contribution is -0.385. The molecule has 1 N–H and O–H groups in total. The molecule has 2 aromatic rings. The highest BCUT2D eigenvalue weighted by atomic mass is 16.6. The van der Waals surface area contributed by atoms with Crippen LogP contribution in [0.15, 0.2) is 41.5 Å². The minimum absolute atomic E-state index is 0.0153. The third-order valence-electron chi connectivity index (χ3n) is 3.74. The zero-order valence-corrected chi connectivity index (χ0v) is 15.2. The first-order valence-corrected chi connectivity index (χ1v) is 8.06. The Morgan fingerprint density at radius 2 is 1.81 bits per heavy atom.